The van der Waals surface area contributed by atoms with E-state index in [0.717, 1.165) is 12.1 Å². The molecule has 0 spiro atoms. The van der Waals surface area contributed by atoms with Gasteiger partial charge in [0.2, 0.25) is 0 Å². The van der Waals surface area contributed by atoms with Crippen LogP contribution in [-0.4, -0.2) is 47.3 Å². The number of nitrogens with zero attached hydrogens (tertiary/aromatic N) is 1. The second-order valence-corrected chi connectivity index (χ2v) is 8.51. The van der Waals surface area contributed by atoms with Gasteiger partial charge in [0.15, 0.2) is 9.84 Å². The van der Waals surface area contributed by atoms with Crippen molar-refractivity contribution in [3.63, 3.8) is 0 Å². The van der Waals surface area contributed by atoms with Crippen LogP contribution < -0.4 is 5.32 Å². The zero-order valence-electron chi connectivity index (χ0n) is 12.2. The molecule has 3 amide bonds. The lowest BCUT2D eigenvalue weighted by atomic mass is 9.82. The SMILES string of the molecule is O=C1NC2C(C(=O)N1O)C(Cl)CCC2S(=O)(=O)c1cccc(F)c1. The van der Waals surface area contributed by atoms with Crippen molar-refractivity contribution >= 4 is 33.4 Å². The van der Waals surface area contributed by atoms with Gasteiger partial charge in [0, 0.05) is 5.38 Å². The van der Waals surface area contributed by atoms with Crippen LogP contribution in [-0.2, 0) is 14.6 Å². The average Bonchev–Trinajstić information content (AvgIpc) is 2.52. The molecule has 24 heavy (non-hydrogen) atoms. The predicted molar refractivity (Wildman–Crippen MR) is 80.7 cm³/mol. The summed E-state index contributed by atoms with van der Waals surface area (Å²) in [6.07, 6.45) is 0.310. The minimum atomic E-state index is -4.01. The molecule has 4 atom stereocenters. The number of sulfone groups is 1. The maximum Gasteiger partial charge on any atom is 0.348 e. The van der Waals surface area contributed by atoms with E-state index in [-0.39, 0.29) is 22.8 Å². The molecule has 130 valence electrons. The fourth-order valence-electron chi connectivity index (χ4n) is 3.24. The number of rotatable bonds is 2. The number of halogens is 2. The summed E-state index contributed by atoms with van der Waals surface area (Å²) in [6.45, 7) is 0. The summed E-state index contributed by atoms with van der Waals surface area (Å²) in [7, 11) is -4.01. The summed E-state index contributed by atoms with van der Waals surface area (Å²) in [4.78, 5) is 23.6. The smallest absolute Gasteiger partial charge is 0.331 e. The fourth-order valence-corrected chi connectivity index (χ4v) is 5.60. The lowest BCUT2D eigenvalue weighted by molar-refractivity contribution is -0.163. The van der Waals surface area contributed by atoms with E-state index in [1.54, 1.807) is 0 Å². The number of urea groups is 1. The van der Waals surface area contributed by atoms with Crippen LogP contribution in [0.25, 0.3) is 0 Å². The van der Waals surface area contributed by atoms with Crippen LogP contribution >= 0.6 is 11.6 Å². The molecule has 2 fully saturated rings. The highest BCUT2D eigenvalue weighted by Crippen LogP contribution is 2.38. The largest absolute Gasteiger partial charge is 0.348 e. The lowest BCUT2D eigenvalue weighted by Gasteiger charge is -2.43. The number of fused-ring (bicyclic) bond motifs is 1. The number of carbonyl (C=O) groups is 2. The Morgan fingerprint density at radius 2 is 2.00 bits per heavy atom. The Morgan fingerprint density at radius 3 is 2.67 bits per heavy atom. The molecular weight excluding hydrogens is 363 g/mol. The molecular formula is C14H14ClFN2O5S. The van der Waals surface area contributed by atoms with Crippen LogP contribution in [0.5, 0.6) is 0 Å². The summed E-state index contributed by atoms with van der Waals surface area (Å²) in [5, 5.41) is 9.83. The lowest BCUT2D eigenvalue weighted by Crippen LogP contribution is -2.67. The van der Waals surface area contributed by atoms with Crippen LogP contribution in [0, 0.1) is 11.7 Å². The summed E-state index contributed by atoms with van der Waals surface area (Å²) in [5.74, 6) is -2.72. The van der Waals surface area contributed by atoms with Crippen molar-refractivity contribution in [2.45, 2.75) is 34.4 Å². The van der Waals surface area contributed by atoms with Crippen LogP contribution in [0.1, 0.15) is 12.8 Å². The van der Waals surface area contributed by atoms with Gasteiger partial charge in [-0.1, -0.05) is 6.07 Å². The molecule has 2 N–H and O–H groups in total. The first-order chi connectivity index (χ1) is 11.2. The average molecular weight is 377 g/mol. The van der Waals surface area contributed by atoms with Crippen molar-refractivity contribution in [2.75, 3.05) is 0 Å². The van der Waals surface area contributed by atoms with Crippen molar-refractivity contribution in [3.05, 3.63) is 30.1 Å². The number of alkyl halides is 1. The molecule has 1 aromatic rings. The van der Waals surface area contributed by atoms with Gasteiger partial charge in [-0.2, -0.15) is 0 Å². The molecule has 10 heteroatoms. The van der Waals surface area contributed by atoms with Gasteiger partial charge in [0.1, 0.15) is 5.82 Å². The second-order valence-electron chi connectivity index (χ2n) is 5.79. The van der Waals surface area contributed by atoms with Gasteiger partial charge in [0.05, 0.1) is 22.1 Å². The first kappa shape index (κ1) is 17.1. The van der Waals surface area contributed by atoms with E-state index in [9.17, 15) is 27.6 Å². The summed E-state index contributed by atoms with van der Waals surface area (Å²) < 4.78 is 39.1. The van der Waals surface area contributed by atoms with E-state index >= 15 is 0 Å². The van der Waals surface area contributed by atoms with Crippen LogP contribution in [0.15, 0.2) is 29.2 Å². The fraction of sp³-hybridized carbons (Fsp3) is 0.429. The molecule has 1 saturated carbocycles. The second kappa shape index (κ2) is 5.98. The normalized spacial score (nSPS) is 30.7. The Bertz CT molecular complexity index is 802. The molecule has 1 saturated heterocycles. The summed E-state index contributed by atoms with van der Waals surface area (Å²) >= 11 is 6.12. The first-order valence-corrected chi connectivity index (χ1v) is 9.18. The van der Waals surface area contributed by atoms with Gasteiger partial charge in [-0.3, -0.25) is 10.0 Å². The third-order valence-electron chi connectivity index (χ3n) is 4.40. The Kier molecular flexibility index (Phi) is 4.27. The predicted octanol–water partition coefficient (Wildman–Crippen LogP) is 1.29. The Morgan fingerprint density at radius 1 is 1.29 bits per heavy atom. The third-order valence-corrected chi connectivity index (χ3v) is 7.13. The van der Waals surface area contributed by atoms with Crippen molar-refractivity contribution in [1.29, 1.82) is 0 Å². The molecule has 0 aromatic heterocycles. The molecule has 1 aliphatic heterocycles. The third kappa shape index (κ3) is 2.66. The number of hydroxylamine groups is 2. The van der Waals surface area contributed by atoms with Crippen molar-refractivity contribution in [3.8, 4) is 0 Å². The molecule has 1 aliphatic carbocycles. The first-order valence-electron chi connectivity index (χ1n) is 7.20. The van der Waals surface area contributed by atoms with E-state index in [1.807, 2.05) is 0 Å². The highest BCUT2D eigenvalue weighted by atomic mass is 35.5. The zero-order chi connectivity index (χ0) is 17.6. The Balaban J connectivity index is 2.02. The minimum absolute atomic E-state index is 0.0896. The van der Waals surface area contributed by atoms with E-state index in [4.69, 9.17) is 11.6 Å². The van der Waals surface area contributed by atoms with Crippen LogP contribution in [0.4, 0.5) is 9.18 Å². The van der Waals surface area contributed by atoms with Gasteiger partial charge < -0.3 is 5.32 Å². The molecule has 1 heterocycles. The molecule has 1 aromatic carbocycles. The van der Waals surface area contributed by atoms with Crippen LogP contribution in [0.3, 0.4) is 0 Å². The maximum absolute atomic E-state index is 13.4. The maximum atomic E-state index is 13.4. The number of hydrogen-bond acceptors (Lipinski definition) is 5. The van der Waals surface area contributed by atoms with Gasteiger partial charge in [0.25, 0.3) is 5.91 Å². The molecule has 4 unspecified atom stereocenters. The van der Waals surface area contributed by atoms with Gasteiger partial charge in [-0.25, -0.2) is 17.6 Å². The van der Waals surface area contributed by atoms with E-state index in [0.29, 0.717) is 0 Å². The number of benzene rings is 1. The van der Waals surface area contributed by atoms with E-state index in [2.05, 4.69) is 5.32 Å². The van der Waals surface area contributed by atoms with Gasteiger partial charge in [-0.05, 0) is 31.0 Å². The molecule has 0 radical (unpaired) electrons. The van der Waals surface area contributed by atoms with Gasteiger partial charge in [-0.15, -0.1) is 16.7 Å². The van der Waals surface area contributed by atoms with Gasteiger partial charge >= 0.3 is 6.03 Å². The number of nitrogens with one attached hydrogen (secondary N) is 1. The Hall–Kier alpha value is -1.71. The molecule has 0 bridgehead atoms. The number of hydrogen-bond donors (Lipinski definition) is 2. The van der Waals surface area contributed by atoms with Crippen molar-refractivity contribution in [1.82, 2.24) is 10.4 Å². The Labute approximate surface area is 142 Å². The quantitative estimate of drug-likeness (QED) is 0.598. The summed E-state index contributed by atoms with van der Waals surface area (Å²) in [6, 6.07) is 2.34. The summed E-state index contributed by atoms with van der Waals surface area (Å²) in [5.41, 5.74) is 0. The molecule has 2 aliphatic rings. The van der Waals surface area contributed by atoms with E-state index in [1.165, 1.54) is 12.1 Å². The standard InChI is InChI=1S/C14H14ClFN2O5S/c15-9-4-5-10(12-11(9)13(19)18(21)14(20)17-12)24(22,23)8-3-1-2-7(16)6-8/h1-3,6,9-12,21H,4-5H2,(H,17,20). The van der Waals surface area contributed by atoms with Crippen LogP contribution in [0.2, 0.25) is 0 Å². The minimum Gasteiger partial charge on any atom is -0.331 e. The molecule has 3 rings (SSSR count). The number of amides is 3. The van der Waals surface area contributed by atoms with Crippen molar-refractivity contribution in [2.24, 2.45) is 5.92 Å². The highest BCUT2D eigenvalue weighted by molar-refractivity contribution is 7.92. The van der Waals surface area contributed by atoms with Crippen molar-refractivity contribution < 1.29 is 27.6 Å². The monoisotopic (exact) mass is 376 g/mol. The number of imide groups is 1. The molecule has 7 nitrogen and oxygen atoms in total. The highest BCUT2D eigenvalue weighted by Gasteiger charge is 2.53. The topological polar surface area (TPSA) is 104 Å². The van der Waals surface area contributed by atoms with E-state index < -0.39 is 50.2 Å². The number of carbonyl (C=O) groups excluding carboxylic acids is 2. The zero-order valence-corrected chi connectivity index (χ0v) is 13.8.